The van der Waals surface area contributed by atoms with Crippen molar-refractivity contribution in [2.75, 3.05) is 33.0 Å². The second-order valence-electron chi connectivity index (χ2n) is 6.58. The van der Waals surface area contributed by atoms with Crippen LogP contribution >= 0.6 is 0 Å². The molecule has 2 aliphatic rings. The summed E-state index contributed by atoms with van der Waals surface area (Å²) in [5.41, 5.74) is 1.14. The van der Waals surface area contributed by atoms with Crippen molar-refractivity contribution in [1.82, 2.24) is 4.90 Å². The standard InChI is InChI=1S/C17H25NO3/c1-13-8-21-16(15-6-4-3-5-7-15)14(2)18(13)9-17(10-19)11-20-12-17/h3-7,13-14,16,19H,8-12H2,1-2H3. The number of ether oxygens (including phenoxy) is 2. The number of aliphatic hydroxyl groups is 1. The summed E-state index contributed by atoms with van der Waals surface area (Å²) in [6.45, 7) is 7.54. The first-order valence-corrected chi connectivity index (χ1v) is 7.76. The predicted octanol–water partition coefficient (Wildman–Crippen LogP) is 1.85. The van der Waals surface area contributed by atoms with Gasteiger partial charge in [-0.05, 0) is 19.4 Å². The number of morpholine rings is 1. The number of benzene rings is 1. The highest BCUT2D eigenvalue weighted by Crippen LogP contribution is 2.35. The van der Waals surface area contributed by atoms with Crippen LogP contribution in [0.1, 0.15) is 25.5 Å². The minimum absolute atomic E-state index is 0.0822. The van der Waals surface area contributed by atoms with Crippen LogP contribution in [0.2, 0.25) is 0 Å². The molecule has 1 N–H and O–H groups in total. The fourth-order valence-corrected chi connectivity index (χ4v) is 3.38. The van der Waals surface area contributed by atoms with Crippen LogP contribution in [0.3, 0.4) is 0 Å². The van der Waals surface area contributed by atoms with E-state index in [9.17, 15) is 5.11 Å². The van der Waals surface area contributed by atoms with E-state index >= 15 is 0 Å². The van der Waals surface area contributed by atoms with E-state index in [-0.39, 0.29) is 18.1 Å². The van der Waals surface area contributed by atoms with Crippen molar-refractivity contribution in [1.29, 1.82) is 0 Å². The van der Waals surface area contributed by atoms with Crippen LogP contribution in [-0.4, -0.2) is 55.1 Å². The minimum atomic E-state index is -0.0822. The molecule has 2 fully saturated rings. The van der Waals surface area contributed by atoms with Gasteiger partial charge >= 0.3 is 0 Å². The summed E-state index contributed by atoms with van der Waals surface area (Å²) in [5.74, 6) is 0. The lowest BCUT2D eigenvalue weighted by atomic mass is 9.84. The van der Waals surface area contributed by atoms with Crippen LogP contribution in [0.25, 0.3) is 0 Å². The van der Waals surface area contributed by atoms with E-state index in [0.29, 0.717) is 25.3 Å². The fraction of sp³-hybridized carbons (Fsp3) is 0.647. The van der Waals surface area contributed by atoms with E-state index in [1.807, 2.05) is 6.07 Å². The van der Waals surface area contributed by atoms with Gasteiger partial charge in [-0.15, -0.1) is 0 Å². The van der Waals surface area contributed by atoms with E-state index in [0.717, 1.165) is 13.2 Å². The van der Waals surface area contributed by atoms with E-state index in [1.54, 1.807) is 0 Å². The summed E-state index contributed by atoms with van der Waals surface area (Å²) in [6.07, 6.45) is 0.0964. The highest BCUT2D eigenvalue weighted by molar-refractivity contribution is 5.20. The molecule has 0 aromatic heterocycles. The van der Waals surface area contributed by atoms with Gasteiger partial charge in [0.05, 0.1) is 37.9 Å². The van der Waals surface area contributed by atoms with Gasteiger partial charge < -0.3 is 14.6 Å². The lowest BCUT2D eigenvalue weighted by Gasteiger charge is -2.50. The third-order valence-corrected chi connectivity index (χ3v) is 4.84. The maximum absolute atomic E-state index is 9.68. The average Bonchev–Trinajstić information content (AvgIpc) is 2.47. The fourth-order valence-electron chi connectivity index (χ4n) is 3.38. The molecule has 0 amide bonds. The Hall–Kier alpha value is -0.940. The highest BCUT2D eigenvalue weighted by Gasteiger charge is 2.44. The molecule has 2 saturated heterocycles. The predicted molar refractivity (Wildman–Crippen MR) is 81.1 cm³/mol. The van der Waals surface area contributed by atoms with Gasteiger partial charge in [-0.2, -0.15) is 0 Å². The Kier molecular flexibility index (Phi) is 4.31. The molecule has 3 atom stereocenters. The van der Waals surface area contributed by atoms with Crippen LogP contribution in [-0.2, 0) is 9.47 Å². The van der Waals surface area contributed by atoms with Crippen LogP contribution < -0.4 is 0 Å². The third kappa shape index (κ3) is 2.86. The van der Waals surface area contributed by atoms with Crippen LogP contribution in [0.4, 0.5) is 0 Å². The summed E-state index contributed by atoms with van der Waals surface area (Å²) in [5, 5.41) is 9.68. The first-order chi connectivity index (χ1) is 10.2. The van der Waals surface area contributed by atoms with Crippen molar-refractivity contribution in [2.24, 2.45) is 5.41 Å². The molecule has 1 aromatic carbocycles. The summed E-state index contributed by atoms with van der Waals surface area (Å²) >= 11 is 0. The minimum Gasteiger partial charge on any atom is -0.396 e. The lowest BCUT2D eigenvalue weighted by Crippen LogP contribution is -2.60. The Morgan fingerprint density at radius 2 is 1.95 bits per heavy atom. The summed E-state index contributed by atoms with van der Waals surface area (Å²) in [7, 11) is 0. The lowest BCUT2D eigenvalue weighted by molar-refractivity contribution is -0.176. The van der Waals surface area contributed by atoms with E-state index < -0.39 is 0 Å². The van der Waals surface area contributed by atoms with Crippen molar-refractivity contribution in [2.45, 2.75) is 32.0 Å². The van der Waals surface area contributed by atoms with Gasteiger partial charge in [0, 0.05) is 18.6 Å². The Balaban J connectivity index is 1.76. The molecule has 3 rings (SSSR count). The van der Waals surface area contributed by atoms with Gasteiger partial charge in [0.1, 0.15) is 0 Å². The van der Waals surface area contributed by atoms with Gasteiger partial charge in [0.15, 0.2) is 0 Å². The summed E-state index contributed by atoms with van der Waals surface area (Å²) in [4.78, 5) is 2.47. The summed E-state index contributed by atoms with van der Waals surface area (Å²) in [6, 6.07) is 11.1. The Labute approximate surface area is 126 Å². The maximum atomic E-state index is 9.68. The van der Waals surface area contributed by atoms with Crippen molar-refractivity contribution in [3.05, 3.63) is 35.9 Å². The van der Waals surface area contributed by atoms with Crippen molar-refractivity contribution >= 4 is 0 Å². The first-order valence-electron chi connectivity index (χ1n) is 7.76. The molecule has 21 heavy (non-hydrogen) atoms. The van der Waals surface area contributed by atoms with Crippen LogP contribution in [0.5, 0.6) is 0 Å². The Morgan fingerprint density at radius 3 is 2.52 bits per heavy atom. The monoisotopic (exact) mass is 291 g/mol. The molecule has 4 nitrogen and oxygen atoms in total. The normalized spacial score (nSPS) is 32.6. The molecular formula is C17H25NO3. The molecule has 0 spiro atoms. The molecule has 0 saturated carbocycles. The number of rotatable bonds is 4. The van der Waals surface area contributed by atoms with Gasteiger partial charge in [-0.1, -0.05) is 30.3 Å². The molecule has 1 aromatic rings. The average molecular weight is 291 g/mol. The maximum Gasteiger partial charge on any atom is 0.0978 e. The molecular weight excluding hydrogens is 266 g/mol. The number of hydrogen-bond donors (Lipinski definition) is 1. The van der Waals surface area contributed by atoms with Gasteiger partial charge in [0.25, 0.3) is 0 Å². The second-order valence-corrected chi connectivity index (χ2v) is 6.58. The van der Waals surface area contributed by atoms with E-state index in [4.69, 9.17) is 9.47 Å². The Bertz CT molecular complexity index is 455. The molecule has 0 bridgehead atoms. The zero-order chi connectivity index (χ0) is 14.9. The number of hydrogen-bond acceptors (Lipinski definition) is 4. The second kappa shape index (κ2) is 6.05. The topological polar surface area (TPSA) is 41.9 Å². The largest absolute Gasteiger partial charge is 0.396 e. The zero-order valence-electron chi connectivity index (χ0n) is 12.9. The molecule has 116 valence electrons. The van der Waals surface area contributed by atoms with Gasteiger partial charge in [0.2, 0.25) is 0 Å². The highest BCUT2D eigenvalue weighted by atomic mass is 16.5. The Morgan fingerprint density at radius 1 is 1.24 bits per heavy atom. The quantitative estimate of drug-likeness (QED) is 0.919. The molecule has 4 heteroatoms. The summed E-state index contributed by atoms with van der Waals surface area (Å²) < 4.78 is 11.4. The van der Waals surface area contributed by atoms with Gasteiger partial charge in [-0.3, -0.25) is 4.90 Å². The molecule has 3 unspecified atom stereocenters. The SMILES string of the molecule is CC1COC(c2ccccc2)C(C)N1CC1(CO)COC1. The van der Waals surface area contributed by atoms with Crippen molar-refractivity contribution < 1.29 is 14.6 Å². The van der Waals surface area contributed by atoms with E-state index in [2.05, 4.69) is 43.0 Å². The first kappa shape index (κ1) is 15.0. The molecule has 0 radical (unpaired) electrons. The van der Waals surface area contributed by atoms with Gasteiger partial charge in [-0.25, -0.2) is 0 Å². The van der Waals surface area contributed by atoms with Crippen LogP contribution in [0.15, 0.2) is 30.3 Å². The van der Waals surface area contributed by atoms with Crippen molar-refractivity contribution in [3.63, 3.8) is 0 Å². The van der Waals surface area contributed by atoms with Crippen molar-refractivity contribution in [3.8, 4) is 0 Å². The zero-order valence-corrected chi connectivity index (χ0v) is 12.9. The third-order valence-electron chi connectivity index (χ3n) is 4.84. The molecule has 2 aliphatic heterocycles. The molecule has 0 aliphatic carbocycles. The number of nitrogens with zero attached hydrogens (tertiary/aromatic N) is 1. The van der Waals surface area contributed by atoms with E-state index in [1.165, 1.54) is 5.56 Å². The van der Waals surface area contributed by atoms with Crippen LogP contribution in [0, 0.1) is 5.41 Å². The number of aliphatic hydroxyl groups excluding tert-OH is 1. The smallest absolute Gasteiger partial charge is 0.0978 e. The molecule has 2 heterocycles.